The monoisotopic (exact) mass is 282 g/mol. The van der Waals surface area contributed by atoms with Crippen LogP contribution in [0.1, 0.15) is 23.8 Å². The standard InChI is InChI=1S/C12H15BrN2O/c1-8-5-9(8)7-15(2)12(16)11-4-3-10(13)6-14-11/h3-4,6,8-9H,5,7H2,1-2H3. The minimum atomic E-state index is 0.00611. The van der Waals surface area contributed by atoms with Gasteiger partial charge in [-0.2, -0.15) is 0 Å². The maximum atomic E-state index is 12.0. The molecule has 2 unspecified atom stereocenters. The number of carbonyl (C=O) groups is 1. The second-order valence-electron chi connectivity index (χ2n) is 4.52. The van der Waals surface area contributed by atoms with E-state index >= 15 is 0 Å². The summed E-state index contributed by atoms with van der Waals surface area (Å²) in [6, 6.07) is 3.59. The number of nitrogens with zero attached hydrogens (tertiary/aromatic N) is 2. The summed E-state index contributed by atoms with van der Waals surface area (Å²) in [6.07, 6.45) is 2.90. The van der Waals surface area contributed by atoms with Gasteiger partial charge in [-0.3, -0.25) is 4.79 Å². The van der Waals surface area contributed by atoms with Crippen LogP contribution in [0.2, 0.25) is 0 Å². The van der Waals surface area contributed by atoms with Gasteiger partial charge in [0.15, 0.2) is 0 Å². The van der Waals surface area contributed by atoms with Crippen LogP contribution >= 0.6 is 15.9 Å². The third kappa shape index (κ3) is 2.61. The van der Waals surface area contributed by atoms with Gasteiger partial charge in [0.25, 0.3) is 5.91 Å². The van der Waals surface area contributed by atoms with Crippen molar-refractivity contribution in [1.29, 1.82) is 0 Å². The topological polar surface area (TPSA) is 33.2 Å². The SMILES string of the molecule is CC1CC1CN(C)C(=O)c1ccc(Br)cn1. The minimum Gasteiger partial charge on any atom is -0.340 e. The average molecular weight is 283 g/mol. The molecule has 0 aliphatic heterocycles. The molecule has 1 amide bonds. The first-order chi connectivity index (χ1) is 7.58. The molecule has 1 aliphatic carbocycles. The fourth-order valence-corrected chi connectivity index (χ4v) is 2.02. The van der Waals surface area contributed by atoms with Crippen molar-refractivity contribution in [2.75, 3.05) is 13.6 Å². The van der Waals surface area contributed by atoms with Gasteiger partial charge in [-0.05, 0) is 46.3 Å². The van der Waals surface area contributed by atoms with E-state index in [-0.39, 0.29) is 5.91 Å². The molecule has 1 heterocycles. The van der Waals surface area contributed by atoms with Crippen molar-refractivity contribution < 1.29 is 4.79 Å². The molecule has 0 bridgehead atoms. The van der Waals surface area contributed by atoms with Gasteiger partial charge in [-0.1, -0.05) is 6.92 Å². The normalized spacial score (nSPS) is 22.9. The smallest absolute Gasteiger partial charge is 0.272 e. The fourth-order valence-electron chi connectivity index (χ4n) is 1.79. The Morgan fingerprint density at radius 2 is 2.31 bits per heavy atom. The van der Waals surface area contributed by atoms with E-state index < -0.39 is 0 Å². The summed E-state index contributed by atoms with van der Waals surface area (Å²) in [5, 5.41) is 0. The van der Waals surface area contributed by atoms with Gasteiger partial charge >= 0.3 is 0 Å². The van der Waals surface area contributed by atoms with Gasteiger partial charge < -0.3 is 4.90 Å². The summed E-state index contributed by atoms with van der Waals surface area (Å²) >= 11 is 3.30. The van der Waals surface area contributed by atoms with E-state index in [4.69, 9.17) is 0 Å². The van der Waals surface area contributed by atoms with E-state index in [2.05, 4.69) is 27.8 Å². The number of hydrogen-bond donors (Lipinski definition) is 0. The number of pyridine rings is 1. The van der Waals surface area contributed by atoms with Gasteiger partial charge in [0.05, 0.1) is 0 Å². The van der Waals surface area contributed by atoms with Crippen LogP contribution in [0, 0.1) is 11.8 Å². The highest BCUT2D eigenvalue weighted by atomic mass is 79.9. The van der Waals surface area contributed by atoms with E-state index in [9.17, 15) is 4.79 Å². The summed E-state index contributed by atoms with van der Waals surface area (Å²) in [5.41, 5.74) is 0.513. The molecule has 0 radical (unpaired) electrons. The van der Waals surface area contributed by atoms with Crippen LogP contribution < -0.4 is 0 Å². The second-order valence-corrected chi connectivity index (χ2v) is 5.44. The maximum absolute atomic E-state index is 12.0. The van der Waals surface area contributed by atoms with Crippen LogP contribution in [-0.2, 0) is 0 Å². The largest absolute Gasteiger partial charge is 0.340 e. The van der Waals surface area contributed by atoms with Crippen LogP contribution in [0.25, 0.3) is 0 Å². The number of carbonyl (C=O) groups excluding carboxylic acids is 1. The molecular weight excluding hydrogens is 268 g/mol. The lowest BCUT2D eigenvalue weighted by molar-refractivity contribution is 0.0781. The molecule has 1 aliphatic rings. The molecule has 3 nitrogen and oxygen atoms in total. The first kappa shape index (κ1) is 11.6. The molecule has 1 aromatic heterocycles. The highest BCUT2D eigenvalue weighted by Gasteiger charge is 2.34. The second kappa shape index (κ2) is 4.53. The Morgan fingerprint density at radius 3 is 2.81 bits per heavy atom. The van der Waals surface area contributed by atoms with Crippen molar-refractivity contribution in [1.82, 2.24) is 9.88 Å². The van der Waals surface area contributed by atoms with Crippen LogP contribution in [0.4, 0.5) is 0 Å². The maximum Gasteiger partial charge on any atom is 0.272 e. The number of hydrogen-bond acceptors (Lipinski definition) is 2. The number of amides is 1. The molecular formula is C12H15BrN2O. The number of rotatable bonds is 3. The molecule has 1 fully saturated rings. The Balaban J connectivity index is 1.98. The summed E-state index contributed by atoms with van der Waals surface area (Å²) in [7, 11) is 1.84. The van der Waals surface area contributed by atoms with Crippen molar-refractivity contribution in [3.63, 3.8) is 0 Å². The third-order valence-corrected chi connectivity index (χ3v) is 3.55. The average Bonchev–Trinajstić information content (AvgIpc) is 2.94. The lowest BCUT2D eigenvalue weighted by Gasteiger charge is -2.16. The van der Waals surface area contributed by atoms with E-state index in [0.29, 0.717) is 11.6 Å². The Labute approximate surface area is 104 Å². The zero-order valence-electron chi connectivity index (χ0n) is 9.48. The van der Waals surface area contributed by atoms with Crippen LogP contribution in [0.3, 0.4) is 0 Å². The van der Waals surface area contributed by atoms with Crippen molar-refractivity contribution in [2.24, 2.45) is 11.8 Å². The molecule has 0 aromatic carbocycles. The van der Waals surface area contributed by atoms with E-state index in [0.717, 1.165) is 16.9 Å². The van der Waals surface area contributed by atoms with E-state index in [1.165, 1.54) is 6.42 Å². The molecule has 0 saturated heterocycles. The van der Waals surface area contributed by atoms with Gasteiger partial charge in [-0.25, -0.2) is 4.98 Å². The van der Waals surface area contributed by atoms with E-state index in [1.807, 2.05) is 13.1 Å². The van der Waals surface area contributed by atoms with Gasteiger partial charge in [-0.15, -0.1) is 0 Å². The molecule has 2 rings (SSSR count). The highest BCUT2D eigenvalue weighted by molar-refractivity contribution is 9.10. The third-order valence-electron chi connectivity index (χ3n) is 3.08. The quantitative estimate of drug-likeness (QED) is 0.854. The van der Waals surface area contributed by atoms with Gasteiger partial charge in [0.1, 0.15) is 5.69 Å². The predicted molar refractivity (Wildman–Crippen MR) is 66.2 cm³/mol. The van der Waals surface area contributed by atoms with Crippen molar-refractivity contribution in [3.05, 3.63) is 28.5 Å². The molecule has 4 heteroatoms. The van der Waals surface area contributed by atoms with Crippen LogP contribution in [0.15, 0.2) is 22.8 Å². The first-order valence-corrected chi connectivity index (χ1v) is 6.24. The predicted octanol–water partition coefficient (Wildman–Crippen LogP) is 2.57. The summed E-state index contributed by atoms with van der Waals surface area (Å²) in [6.45, 7) is 3.07. The lowest BCUT2D eigenvalue weighted by Crippen LogP contribution is -2.29. The van der Waals surface area contributed by atoms with Crippen molar-refractivity contribution >= 4 is 21.8 Å². The fraction of sp³-hybridized carbons (Fsp3) is 0.500. The Bertz CT molecular complexity index is 391. The zero-order chi connectivity index (χ0) is 11.7. The van der Waals surface area contributed by atoms with Crippen molar-refractivity contribution in [3.8, 4) is 0 Å². The zero-order valence-corrected chi connectivity index (χ0v) is 11.1. The van der Waals surface area contributed by atoms with Crippen LogP contribution in [-0.4, -0.2) is 29.4 Å². The first-order valence-electron chi connectivity index (χ1n) is 5.45. The lowest BCUT2D eigenvalue weighted by atomic mass is 10.3. The summed E-state index contributed by atoms with van der Waals surface area (Å²) < 4.78 is 0.891. The van der Waals surface area contributed by atoms with Gasteiger partial charge in [0.2, 0.25) is 0 Å². The number of aromatic nitrogens is 1. The van der Waals surface area contributed by atoms with Crippen LogP contribution in [0.5, 0.6) is 0 Å². The minimum absolute atomic E-state index is 0.00611. The highest BCUT2D eigenvalue weighted by Crippen LogP contribution is 2.38. The molecule has 0 spiro atoms. The Morgan fingerprint density at radius 1 is 1.62 bits per heavy atom. The van der Waals surface area contributed by atoms with Gasteiger partial charge in [0, 0.05) is 24.3 Å². The molecule has 2 atom stereocenters. The Kier molecular flexibility index (Phi) is 3.28. The summed E-state index contributed by atoms with van der Waals surface area (Å²) in [4.78, 5) is 17.9. The number of halogens is 1. The van der Waals surface area contributed by atoms with E-state index in [1.54, 1.807) is 17.2 Å². The molecule has 1 saturated carbocycles. The molecule has 0 N–H and O–H groups in total. The Hall–Kier alpha value is -0.900. The van der Waals surface area contributed by atoms with Crippen molar-refractivity contribution in [2.45, 2.75) is 13.3 Å². The molecule has 1 aromatic rings. The molecule has 86 valence electrons. The molecule has 16 heavy (non-hydrogen) atoms. The summed E-state index contributed by atoms with van der Waals surface area (Å²) in [5.74, 6) is 1.46.